The van der Waals surface area contributed by atoms with Crippen LogP contribution in [0.3, 0.4) is 0 Å². The van der Waals surface area contributed by atoms with Gasteiger partial charge in [0, 0.05) is 10.1 Å². The van der Waals surface area contributed by atoms with Crippen LogP contribution in [0.1, 0.15) is 23.5 Å². The minimum atomic E-state index is -1.22. The molecule has 1 aromatic carbocycles. The predicted octanol–water partition coefficient (Wildman–Crippen LogP) is 3.07. The van der Waals surface area contributed by atoms with E-state index in [-0.39, 0.29) is 9.90 Å². The molecule has 3 N–H and O–H groups in total. The summed E-state index contributed by atoms with van der Waals surface area (Å²) < 4.78 is 18.9. The van der Waals surface area contributed by atoms with Crippen molar-refractivity contribution in [3.8, 4) is 0 Å². The Kier molecular flexibility index (Phi) is 5.40. The molecule has 9 heteroatoms. The molecule has 2 aromatic rings. The maximum atomic E-state index is 13.3. The van der Waals surface area contributed by atoms with E-state index in [0.717, 1.165) is 11.3 Å². The van der Waals surface area contributed by atoms with Crippen molar-refractivity contribution in [3.63, 3.8) is 0 Å². The second kappa shape index (κ2) is 7.14. The highest BCUT2D eigenvalue weighted by Gasteiger charge is 2.29. The number of nitrogens with two attached hydrogens (primary N) is 1. The molecule has 0 aliphatic heterocycles. The van der Waals surface area contributed by atoms with Crippen molar-refractivity contribution in [1.29, 1.82) is 0 Å². The minimum absolute atomic E-state index is 0.0507. The van der Waals surface area contributed by atoms with E-state index in [2.05, 4.69) is 0 Å². The molecule has 0 fully saturated rings. The Morgan fingerprint density at radius 1 is 1.33 bits per heavy atom. The van der Waals surface area contributed by atoms with E-state index in [1.165, 1.54) is 18.2 Å². The van der Waals surface area contributed by atoms with E-state index in [9.17, 15) is 18.8 Å². The number of benzene rings is 1. The Balaban J connectivity index is 2.28. The SMILES string of the molecule is CC(C)[C@@H](OC(=O)c1sc2cc(F)ccc2c1Cl)C(=O)NC(N)=O. The van der Waals surface area contributed by atoms with Gasteiger partial charge in [-0.05, 0) is 24.1 Å². The number of imide groups is 1. The van der Waals surface area contributed by atoms with Gasteiger partial charge < -0.3 is 10.5 Å². The Morgan fingerprint density at radius 2 is 2.00 bits per heavy atom. The Morgan fingerprint density at radius 3 is 2.58 bits per heavy atom. The molecule has 1 aromatic heterocycles. The summed E-state index contributed by atoms with van der Waals surface area (Å²) in [4.78, 5) is 35.1. The molecule has 6 nitrogen and oxygen atoms in total. The number of halogens is 2. The van der Waals surface area contributed by atoms with Crippen LogP contribution >= 0.6 is 22.9 Å². The zero-order valence-electron chi connectivity index (χ0n) is 12.8. The highest BCUT2D eigenvalue weighted by atomic mass is 35.5. The van der Waals surface area contributed by atoms with Gasteiger partial charge in [-0.3, -0.25) is 10.1 Å². The normalized spacial score (nSPS) is 12.2. The van der Waals surface area contributed by atoms with E-state index in [1.807, 2.05) is 5.32 Å². The number of fused-ring (bicyclic) bond motifs is 1. The number of hydrogen-bond acceptors (Lipinski definition) is 5. The maximum absolute atomic E-state index is 13.3. The van der Waals surface area contributed by atoms with Crippen LogP contribution in [-0.2, 0) is 9.53 Å². The minimum Gasteiger partial charge on any atom is -0.448 e. The fourth-order valence-electron chi connectivity index (χ4n) is 2.02. The third-order valence-electron chi connectivity index (χ3n) is 3.12. The topological polar surface area (TPSA) is 98.5 Å². The molecular weight excluding hydrogens is 359 g/mol. The molecule has 0 aliphatic carbocycles. The molecule has 24 heavy (non-hydrogen) atoms. The highest BCUT2D eigenvalue weighted by molar-refractivity contribution is 7.21. The lowest BCUT2D eigenvalue weighted by atomic mass is 10.1. The van der Waals surface area contributed by atoms with Gasteiger partial charge in [0.2, 0.25) is 0 Å². The predicted molar refractivity (Wildman–Crippen MR) is 88.6 cm³/mol. The molecule has 0 saturated heterocycles. The monoisotopic (exact) mass is 372 g/mol. The largest absolute Gasteiger partial charge is 0.448 e. The number of thiophene rings is 1. The van der Waals surface area contributed by atoms with E-state index in [0.29, 0.717) is 10.1 Å². The molecule has 0 saturated carbocycles. The van der Waals surface area contributed by atoms with Gasteiger partial charge in [0.05, 0.1) is 5.02 Å². The first-order valence-corrected chi connectivity index (χ1v) is 8.09. The second-order valence-corrected chi connectivity index (χ2v) is 6.74. The van der Waals surface area contributed by atoms with E-state index in [1.54, 1.807) is 13.8 Å². The molecule has 0 bridgehead atoms. The zero-order valence-corrected chi connectivity index (χ0v) is 14.3. The number of nitrogens with one attached hydrogen (secondary N) is 1. The lowest BCUT2D eigenvalue weighted by Crippen LogP contribution is -2.45. The van der Waals surface area contributed by atoms with Crippen LogP contribution in [0, 0.1) is 11.7 Å². The maximum Gasteiger partial charge on any atom is 0.350 e. The summed E-state index contributed by atoms with van der Waals surface area (Å²) in [5.41, 5.74) is 4.90. The van der Waals surface area contributed by atoms with Gasteiger partial charge in [0.1, 0.15) is 10.7 Å². The quantitative estimate of drug-likeness (QED) is 0.805. The molecule has 3 amide bonds. The van der Waals surface area contributed by atoms with Crippen molar-refractivity contribution in [2.75, 3.05) is 0 Å². The van der Waals surface area contributed by atoms with Crippen molar-refractivity contribution < 1.29 is 23.5 Å². The summed E-state index contributed by atoms with van der Waals surface area (Å²) in [7, 11) is 0. The van der Waals surface area contributed by atoms with Gasteiger partial charge in [0.15, 0.2) is 6.10 Å². The van der Waals surface area contributed by atoms with Crippen LogP contribution in [0.5, 0.6) is 0 Å². The van der Waals surface area contributed by atoms with Gasteiger partial charge in [-0.15, -0.1) is 11.3 Å². The average molecular weight is 373 g/mol. The number of esters is 1. The second-order valence-electron chi connectivity index (χ2n) is 5.31. The van der Waals surface area contributed by atoms with Crippen molar-refractivity contribution in [1.82, 2.24) is 5.32 Å². The average Bonchev–Trinajstić information content (AvgIpc) is 2.79. The van der Waals surface area contributed by atoms with Gasteiger partial charge in [-0.1, -0.05) is 25.4 Å². The van der Waals surface area contributed by atoms with E-state index < -0.39 is 35.7 Å². The molecule has 0 aliphatic rings. The Bertz CT molecular complexity index is 821. The first kappa shape index (κ1) is 18.2. The van der Waals surface area contributed by atoms with Crippen LogP contribution < -0.4 is 11.1 Å². The summed E-state index contributed by atoms with van der Waals surface area (Å²) in [6.07, 6.45) is -1.22. The lowest BCUT2D eigenvalue weighted by Gasteiger charge is -2.19. The van der Waals surface area contributed by atoms with Crippen molar-refractivity contribution in [3.05, 3.63) is 33.9 Å². The number of hydrogen-bond donors (Lipinski definition) is 2. The van der Waals surface area contributed by atoms with E-state index in [4.69, 9.17) is 22.1 Å². The standard InChI is InChI=1S/C15H14ClFN2O4S/c1-6(2)11(13(20)19-15(18)22)23-14(21)12-10(16)8-4-3-7(17)5-9(8)24-12/h3-6,11H,1-2H3,(H3,18,19,20,22)/t11-/m1/s1. The first-order chi connectivity index (χ1) is 11.2. The summed E-state index contributed by atoms with van der Waals surface area (Å²) in [5.74, 6) is -2.52. The number of ether oxygens (including phenoxy) is 1. The number of carbonyl (C=O) groups excluding carboxylic acids is 3. The molecule has 0 unspecified atom stereocenters. The molecule has 0 spiro atoms. The highest BCUT2D eigenvalue weighted by Crippen LogP contribution is 2.36. The fourth-order valence-corrected chi connectivity index (χ4v) is 3.44. The number of primary amides is 1. The number of amides is 3. The Labute approximate surface area is 145 Å². The van der Waals surface area contributed by atoms with Gasteiger partial charge in [0.25, 0.3) is 5.91 Å². The van der Waals surface area contributed by atoms with Gasteiger partial charge in [-0.2, -0.15) is 0 Å². The van der Waals surface area contributed by atoms with Gasteiger partial charge >= 0.3 is 12.0 Å². The van der Waals surface area contributed by atoms with Crippen LogP contribution in [0.15, 0.2) is 18.2 Å². The van der Waals surface area contributed by atoms with Crippen molar-refractivity contribution in [2.24, 2.45) is 11.7 Å². The summed E-state index contributed by atoms with van der Waals surface area (Å²) >= 11 is 7.10. The van der Waals surface area contributed by atoms with Crippen molar-refractivity contribution in [2.45, 2.75) is 20.0 Å². The summed E-state index contributed by atoms with van der Waals surface area (Å²) in [5, 5.41) is 2.51. The van der Waals surface area contributed by atoms with Crippen molar-refractivity contribution >= 4 is 50.9 Å². The molecule has 1 atom stereocenters. The van der Waals surface area contributed by atoms with E-state index >= 15 is 0 Å². The van der Waals surface area contributed by atoms with Gasteiger partial charge in [-0.25, -0.2) is 14.0 Å². The fraction of sp³-hybridized carbons (Fsp3) is 0.267. The first-order valence-electron chi connectivity index (χ1n) is 6.89. The Hall–Kier alpha value is -2.19. The smallest absolute Gasteiger partial charge is 0.350 e. The third kappa shape index (κ3) is 3.82. The molecule has 1 heterocycles. The molecular formula is C15H14ClFN2O4S. The lowest BCUT2D eigenvalue weighted by molar-refractivity contribution is -0.130. The summed E-state index contributed by atoms with van der Waals surface area (Å²) in [6.45, 7) is 3.28. The van der Waals surface area contributed by atoms with Crippen LogP contribution in [0.4, 0.5) is 9.18 Å². The zero-order chi connectivity index (χ0) is 18.0. The van der Waals surface area contributed by atoms with Crippen LogP contribution in [-0.4, -0.2) is 24.0 Å². The third-order valence-corrected chi connectivity index (χ3v) is 4.76. The molecule has 128 valence electrons. The molecule has 0 radical (unpaired) electrons. The number of urea groups is 1. The molecule has 2 rings (SSSR count). The van der Waals surface area contributed by atoms with Crippen LogP contribution in [0.2, 0.25) is 5.02 Å². The number of rotatable bonds is 4. The number of carbonyl (C=O) groups is 3. The van der Waals surface area contributed by atoms with Crippen LogP contribution in [0.25, 0.3) is 10.1 Å². The summed E-state index contributed by atoms with van der Waals surface area (Å²) in [6, 6.07) is 2.90.